The molecule has 0 radical (unpaired) electrons. The Morgan fingerprint density at radius 1 is 1.41 bits per heavy atom. The summed E-state index contributed by atoms with van der Waals surface area (Å²) in [6, 6.07) is 0. The van der Waals surface area contributed by atoms with Crippen molar-refractivity contribution in [2.45, 2.75) is 38.4 Å². The van der Waals surface area contributed by atoms with Gasteiger partial charge in [-0.2, -0.15) is 0 Å². The van der Waals surface area contributed by atoms with Gasteiger partial charge in [0.25, 0.3) is 0 Å². The Bertz CT molecular complexity index is 304. The maximum atomic E-state index is 12.1. The smallest absolute Gasteiger partial charge is 0.225 e. The maximum absolute atomic E-state index is 12.1. The summed E-state index contributed by atoms with van der Waals surface area (Å²) in [5, 5.41) is 3.09. The third-order valence-corrected chi connectivity index (χ3v) is 4.28. The van der Waals surface area contributed by atoms with Crippen LogP contribution in [0.15, 0.2) is 0 Å². The van der Waals surface area contributed by atoms with E-state index in [0.29, 0.717) is 0 Å². The number of morpholine rings is 1. The molecule has 4 nitrogen and oxygen atoms in total. The number of fused-ring (bicyclic) bond motifs is 2. The number of nitrogens with one attached hydrogen (secondary N) is 1. The number of likely N-dealkylation sites (N-methyl/N-ethyl adjacent to an activating group) is 1. The van der Waals surface area contributed by atoms with Crippen LogP contribution in [0, 0.1) is 11.8 Å². The van der Waals surface area contributed by atoms with E-state index in [-0.39, 0.29) is 24.0 Å². The lowest BCUT2D eigenvalue weighted by Gasteiger charge is -2.31. The van der Waals surface area contributed by atoms with E-state index < -0.39 is 0 Å². The van der Waals surface area contributed by atoms with Gasteiger partial charge in [-0.1, -0.05) is 6.92 Å². The summed E-state index contributed by atoms with van der Waals surface area (Å²) in [6.45, 7) is 6.04. The molecule has 96 valence electrons. The third kappa shape index (κ3) is 2.47. The molecule has 0 unspecified atom stereocenters. The molecule has 17 heavy (non-hydrogen) atoms. The van der Waals surface area contributed by atoms with Crippen molar-refractivity contribution in [3.8, 4) is 0 Å². The van der Waals surface area contributed by atoms with E-state index in [1.807, 2.05) is 0 Å². The normalized spacial score (nSPS) is 37.1. The first-order valence-electron chi connectivity index (χ1n) is 6.91. The number of amides is 1. The first-order chi connectivity index (χ1) is 8.26. The van der Waals surface area contributed by atoms with Gasteiger partial charge in [0.15, 0.2) is 0 Å². The molecule has 2 saturated heterocycles. The number of hydrogen-bond acceptors (Lipinski definition) is 3. The molecule has 3 fully saturated rings. The third-order valence-electron chi connectivity index (χ3n) is 4.28. The zero-order valence-corrected chi connectivity index (χ0v) is 10.5. The van der Waals surface area contributed by atoms with Crippen molar-refractivity contribution in [1.29, 1.82) is 0 Å². The number of hydrogen-bond donors (Lipinski definition) is 1. The van der Waals surface area contributed by atoms with Gasteiger partial charge in [-0.25, -0.2) is 0 Å². The van der Waals surface area contributed by atoms with Crippen LogP contribution in [0.1, 0.15) is 26.2 Å². The second-order valence-corrected chi connectivity index (χ2v) is 5.68. The van der Waals surface area contributed by atoms with Crippen molar-refractivity contribution in [3.63, 3.8) is 0 Å². The predicted octanol–water partition coefficient (Wildman–Crippen LogP) is 0.622. The van der Waals surface area contributed by atoms with Gasteiger partial charge in [0.05, 0.1) is 18.1 Å². The van der Waals surface area contributed by atoms with Crippen molar-refractivity contribution < 1.29 is 9.53 Å². The molecule has 0 spiro atoms. The minimum atomic E-state index is 0.0929. The number of rotatable bonds is 4. The van der Waals surface area contributed by atoms with Gasteiger partial charge in [-0.3, -0.25) is 9.69 Å². The lowest BCUT2D eigenvalue weighted by Crippen LogP contribution is -2.45. The Morgan fingerprint density at radius 2 is 2.24 bits per heavy atom. The van der Waals surface area contributed by atoms with Crippen LogP contribution in [0.2, 0.25) is 0 Å². The van der Waals surface area contributed by atoms with Gasteiger partial charge < -0.3 is 10.1 Å². The Balaban J connectivity index is 1.54. The highest BCUT2D eigenvalue weighted by molar-refractivity contribution is 5.79. The minimum absolute atomic E-state index is 0.0929. The molecule has 3 aliphatic rings. The van der Waals surface area contributed by atoms with Crippen LogP contribution in [0.25, 0.3) is 0 Å². The van der Waals surface area contributed by atoms with Gasteiger partial charge in [-0.15, -0.1) is 0 Å². The van der Waals surface area contributed by atoms with Crippen molar-refractivity contribution in [2.75, 3.05) is 26.2 Å². The fraction of sp³-hybridized carbons (Fsp3) is 0.923. The van der Waals surface area contributed by atoms with Crippen LogP contribution >= 0.6 is 0 Å². The number of carbonyl (C=O) groups is 1. The second-order valence-electron chi connectivity index (χ2n) is 5.68. The number of ether oxygens (including phenoxy) is 1. The predicted molar refractivity (Wildman–Crippen MR) is 64.6 cm³/mol. The molecule has 2 heterocycles. The number of nitrogens with zero attached hydrogens (tertiary/aromatic N) is 1. The van der Waals surface area contributed by atoms with Crippen LogP contribution < -0.4 is 5.32 Å². The largest absolute Gasteiger partial charge is 0.371 e. The Hall–Kier alpha value is -0.610. The Morgan fingerprint density at radius 3 is 2.94 bits per heavy atom. The first kappa shape index (κ1) is 11.5. The standard InChI is InChI=1S/C13H22N2O2/c1-2-15-7-10-5-11(12(8-15)17-10)13(16)14-6-9-3-4-9/h9-12H,2-8H2,1H3,(H,14,16)/t10-,11-,12-/m1/s1. The van der Waals surface area contributed by atoms with E-state index in [1.54, 1.807) is 0 Å². The molecular weight excluding hydrogens is 216 g/mol. The van der Waals surface area contributed by atoms with Crippen LogP contribution in [0.5, 0.6) is 0 Å². The molecule has 0 aromatic heterocycles. The van der Waals surface area contributed by atoms with E-state index in [2.05, 4.69) is 17.1 Å². The number of carbonyl (C=O) groups excluding carboxylic acids is 1. The summed E-state index contributed by atoms with van der Waals surface area (Å²) < 4.78 is 5.88. The van der Waals surface area contributed by atoms with E-state index in [0.717, 1.165) is 38.5 Å². The molecule has 2 bridgehead atoms. The highest BCUT2D eigenvalue weighted by atomic mass is 16.5. The van der Waals surface area contributed by atoms with E-state index >= 15 is 0 Å². The van der Waals surface area contributed by atoms with E-state index in [4.69, 9.17) is 4.74 Å². The van der Waals surface area contributed by atoms with Gasteiger partial charge in [0.1, 0.15) is 0 Å². The second kappa shape index (κ2) is 4.58. The lowest BCUT2D eigenvalue weighted by atomic mass is 9.99. The van der Waals surface area contributed by atoms with Crippen molar-refractivity contribution in [1.82, 2.24) is 10.2 Å². The fourth-order valence-corrected chi connectivity index (χ4v) is 2.97. The quantitative estimate of drug-likeness (QED) is 0.781. The average molecular weight is 238 g/mol. The first-order valence-corrected chi connectivity index (χ1v) is 6.91. The number of likely N-dealkylation sites (tertiary alicyclic amines) is 1. The maximum Gasteiger partial charge on any atom is 0.225 e. The average Bonchev–Trinajstić information content (AvgIpc) is 3.12. The van der Waals surface area contributed by atoms with Crippen molar-refractivity contribution in [3.05, 3.63) is 0 Å². The molecule has 1 saturated carbocycles. The Labute approximate surface area is 103 Å². The summed E-state index contributed by atoms with van der Waals surface area (Å²) >= 11 is 0. The molecule has 3 atom stereocenters. The van der Waals surface area contributed by atoms with Crippen LogP contribution in [0.3, 0.4) is 0 Å². The molecule has 0 aromatic rings. The topological polar surface area (TPSA) is 41.6 Å². The summed E-state index contributed by atoms with van der Waals surface area (Å²) in [6.07, 6.45) is 3.91. The monoisotopic (exact) mass is 238 g/mol. The van der Waals surface area contributed by atoms with Gasteiger partial charge in [-0.05, 0) is 31.7 Å². The minimum Gasteiger partial charge on any atom is -0.371 e. The summed E-state index contributed by atoms with van der Waals surface area (Å²) in [5.41, 5.74) is 0. The molecule has 1 aliphatic carbocycles. The molecular formula is C13H22N2O2. The zero-order chi connectivity index (χ0) is 11.8. The van der Waals surface area contributed by atoms with Crippen molar-refractivity contribution >= 4 is 5.91 Å². The molecule has 4 heteroatoms. The van der Waals surface area contributed by atoms with Crippen molar-refractivity contribution in [2.24, 2.45) is 11.8 Å². The zero-order valence-electron chi connectivity index (χ0n) is 10.5. The molecule has 2 aliphatic heterocycles. The summed E-state index contributed by atoms with van der Waals surface area (Å²) in [5.74, 6) is 1.07. The lowest BCUT2D eigenvalue weighted by molar-refractivity contribution is -0.128. The Kier molecular flexibility index (Phi) is 3.09. The highest BCUT2D eigenvalue weighted by Gasteiger charge is 2.44. The van der Waals surface area contributed by atoms with E-state index in [1.165, 1.54) is 12.8 Å². The van der Waals surface area contributed by atoms with Crippen LogP contribution in [0.4, 0.5) is 0 Å². The summed E-state index contributed by atoms with van der Waals surface area (Å²) in [7, 11) is 0. The van der Waals surface area contributed by atoms with Crippen LogP contribution in [-0.4, -0.2) is 49.2 Å². The van der Waals surface area contributed by atoms with Gasteiger partial charge in [0.2, 0.25) is 5.91 Å². The highest BCUT2D eigenvalue weighted by Crippen LogP contribution is 2.32. The fourth-order valence-electron chi connectivity index (χ4n) is 2.97. The van der Waals surface area contributed by atoms with E-state index in [9.17, 15) is 4.79 Å². The van der Waals surface area contributed by atoms with Gasteiger partial charge >= 0.3 is 0 Å². The van der Waals surface area contributed by atoms with Crippen LogP contribution in [-0.2, 0) is 9.53 Å². The SMILES string of the molecule is CCN1C[C@H]2C[C@@H](C(=O)NCC3CC3)[C@@H](C1)O2. The molecule has 1 N–H and O–H groups in total. The molecule has 0 aromatic carbocycles. The summed E-state index contributed by atoms with van der Waals surface area (Å²) in [4.78, 5) is 14.5. The molecule has 3 rings (SSSR count). The molecule has 1 amide bonds. The van der Waals surface area contributed by atoms with Gasteiger partial charge in [0, 0.05) is 19.6 Å².